The third-order valence-electron chi connectivity index (χ3n) is 3.91. The molecule has 128 valence electrons. The molecule has 0 saturated carbocycles. The number of rotatable bonds is 1. The van der Waals surface area contributed by atoms with Gasteiger partial charge in [0.1, 0.15) is 0 Å². The number of para-hydroxylation sites is 1. The third kappa shape index (κ3) is 4.72. The van der Waals surface area contributed by atoms with Gasteiger partial charge >= 0.3 is 21.7 Å². The van der Waals surface area contributed by atoms with E-state index in [2.05, 4.69) is 65.8 Å². The van der Waals surface area contributed by atoms with Gasteiger partial charge in [-0.2, -0.15) is 11.2 Å². The Kier molecular flexibility index (Phi) is 8.97. The van der Waals surface area contributed by atoms with E-state index in [0.29, 0.717) is 0 Å². The second-order valence-electron chi connectivity index (χ2n) is 5.46. The SMILES string of the molecule is [C-]1=CC=CC1.[Cl-].[Cl-].[Ti+4].c1ccc2[cH-]c(-n3ncc4ccccc43)cc2c1. The van der Waals surface area contributed by atoms with Crippen LogP contribution in [0.15, 0.2) is 85.1 Å². The van der Waals surface area contributed by atoms with Crippen LogP contribution in [0.2, 0.25) is 0 Å². The minimum atomic E-state index is 0. The number of fused-ring (bicyclic) bond motifs is 2. The zero-order valence-corrected chi connectivity index (χ0v) is 17.0. The fraction of sp³-hybridized carbons (Fsp3) is 0.0476. The molecule has 0 radical (unpaired) electrons. The van der Waals surface area contributed by atoms with Crippen LogP contribution in [0, 0.1) is 6.08 Å². The molecule has 0 fully saturated rings. The van der Waals surface area contributed by atoms with Gasteiger partial charge < -0.3 is 24.8 Å². The van der Waals surface area contributed by atoms with Crippen LogP contribution in [0.4, 0.5) is 0 Å². The Hall–Kier alpha value is -1.71. The van der Waals surface area contributed by atoms with Crippen molar-refractivity contribution in [2.75, 3.05) is 0 Å². The molecule has 1 aromatic heterocycles. The van der Waals surface area contributed by atoms with Crippen LogP contribution in [-0.2, 0) is 21.7 Å². The first-order valence-corrected chi connectivity index (χ1v) is 7.72. The number of hydrogen-bond acceptors (Lipinski definition) is 1. The summed E-state index contributed by atoms with van der Waals surface area (Å²) < 4.78 is 2.00. The summed E-state index contributed by atoms with van der Waals surface area (Å²) in [6.45, 7) is 0. The average molecular weight is 415 g/mol. The minimum absolute atomic E-state index is 0. The molecule has 0 spiro atoms. The second kappa shape index (κ2) is 10.4. The van der Waals surface area contributed by atoms with E-state index in [1.165, 1.54) is 16.2 Å². The maximum Gasteiger partial charge on any atom is 4.00 e. The molecule has 1 aliphatic carbocycles. The third-order valence-corrected chi connectivity index (χ3v) is 3.91. The van der Waals surface area contributed by atoms with Gasteiger partial charge in [0.15, 0.2) is 0 Å². The maximum atomic E-state index is 4.48. The Morgan fingerprint density at radius 3 is 2.35 bits per heavy atom. The van der Waals surface area contributed by atoms with Crippen molar-refractivity contribution in [1.82, 2.24) is 9.78 Å². The van der Waals surface area contributed by atoms with Crippen molar-refractivity contribution in [3.05, 3.63) is 91.2 Å². The number of hydrogen-bond donors (Lipinski definition) is 0. The summed E-state index contributed by atoms with van der Waals surface area (Å²) in [7, 11) is 0. The molecule has 4 aromatic rings. The molecule has 5 rings (SSSR count). The normalized spacial score (nSPS) is 11.2. The van der Waals surface area contributed by atoms with Crippen LogP contribution in [0.3, 0.4) is 0 Å². The van der Waals surface area contributed by atoms with Gasteiger partial charge in [0.25, 0.3) is 0 Å². The van der Waals surface area contributed by atoms with Gasteiger partial charge in [-0.1, -0.05) is 24.3 Å². The fourth-order valence-corrected chi connectivity index (χ4v) is 2.77. The molecule has 5 heteroatoms. The first-order chi connectivity index (χ1) is 11.4. The Bertz CT molecular complexity index is 972. The number of aromatic nitrogens is 2. The summed E-state index contributed by atoms with van der Waals surface area (Å²) in [6.07, 6.45) is 11.9. The van der Waals surface area contributed by atoms with Crippen LogP contribution >= 0.6 is 0 Å². The molecule has 0 atom stereocenters. The largest absolute Gasteiger partial charge is 4.00 e. The van der Waals surface area contributed by atoms with E-state index in [1.54, 1.807) is 0 Å². The minimum Gasteiger partial charge on any atom is -1.00 e. The van der Waals surface area contributed by atoms with Crippen molar-refractivity contribution in [2.24, 2.45) is 0 Å². The van der Waals surface area contributed by atoms with E-state index in [-0.39, 0.29) is 46.5 Å². The molecule has 1 heterocycles. The molecule has 0 N–H and O–H groups in total. The van der Waals surface area contributed by atoms with E-state index >= 15 is 0 Å². The van der Waals surface area contributed by atoms with Crippen molar-refractivity contribution in [1.29, 1.82) is 0 Å². The van der Waals surface area contributed by atoms with E-state index in [4.69, 9.17) is 0 Å². The Morgan fingerprint density at radius 1 is 0.962 bits per heavy atom. The monoisotopic (exact) mass is 414 g/mol. The van der Waals surface area contributed by atoms with Gasteiger partial charge in [-0.25, -0.2) is 12.2 Å². The maximum absolute atomic E-state index is 4.48. The van der Waals surface area contributed by atoms with Crippen LogP contribution in [-0.4, -0.2) is 9.78 Å². The van der Waals surface area contributed by atoms with Crippen molar-refractivity contribution in [3.8, 4) is 5.69 Å². The Morgan fingerprint density at radius 2 is 1.69 bits per heavy atom. The molecule has 3 aromatic carbocycles. The van der Waals surface area contributed by atoms with Gasteiger partial charge in [0, 0.05) is 5.39 Å². The molecule has 0 unspecified atom stereocenters. The molecule has 26 heavy (non-hydrogen) atoms. The molecule has 0 saturated heterocycles. The van der Waals surface area contributed by atoms with Gasteiger partial charge in [0.2, 0.25) is 0 Å². The predicted molar refractivity (Wildman–Crippen MR) is 95.7 cm³/mol. The van der Waals surface area contributed by atoms with Crippen LogP contribution < -0.4 is 24.8 Å². The Balaban J connectivity index is 0.000000372. The molecule has 0 aliphatic heterocycles. The predicted octanol–water partition coefficient (Wildman–Crippen LogP) is -0.791. The smallest absolute Gasteiger partial charge is 1.00 e. The van der Waals surface area contributed by atoms with Crippen molar-refractivity contribution < 1.29 is 46.5 Å². The van der Waals surface area contributed by atoms with Gasteiger partial charge in [0.05, 0.1) is 11.7 Å². The van der Waals surface area contributed by atoms with Crippen molar-refractivity contribution in [2.45, 2.75) is 6.42 Å². The van der Waals surface area contributed by atoms with Crippen molar-refractivity contribution >= 4 is 21.7 Å². The molecule has 0 bridgehead atoms. The van der Waals surface area contributed by atoms with Crippen LogP contribution in [0.1, 0.15) is 6.42 Å². The van der Waals surface area contributed by atoms with E-state index in [9.17, 15) is 0 Å². The van der Waals surface area contributed by atoms with Crippen molar-refractivity contribution in [3.63, 3.8) is 0 Å². The molecular formula is C21H16Cl2N2Ti. The fourth-order valence-electron chi connectivity index (χ4n) is 2.77. The zero-order chi connectivity index (χ0) is 15.5. The summed E-state index contributed by atoms with van der Waals surface area (Å²) in [5.41, 5.74) is 2.27. The molecular weight excluding hydrogens is 399 g/mol. The average Bonchev–Trinajstić information content (AvgIpc) is 3.34. The number of halogens is 2. The topological polar surface area (TPSA) is 17.8 Å². The molecule has 0 amide bonds. The van der Waals surface area contributed by atoms with Crippen LogP contribution in [0.5, 0.6) is 0 Å². The number of nitrogens with zero attached hydrogens (tertiary/aromatic N) is 2. The van der Waals surface area contributed by atoms with Gasteiger partial charge in [-0.15, -0.1) is 47.5 Å². The molecule has 2 nitrogen and oxygen atoms in total. The van der Waals surface area contributed by atoms with Crippen LogP contribution in [0.25, 0.3) is 27.4 Å². The summed E-state index contributed by atoms with van der Waals surface area (Å²) in [5.74, 6) is 0. The standard InChI is InChI=1S/C16H11N2.C5H5.2ClH.Ti/c1-2-6-13-10-15(9-12(13)5-1)18-16-8-4-3-7-14(16)11-17-18;1-2-4-5-3-1;;;/h1-11H;1-3H,4H2;2*1H;/q2*-1;;;+4/p-2. The van der Waals surface area contributed by atoms with E-state index < -0.39 is 0 Å². The first-order valence-electron chi connectivity index (χ1n) is 7.72. The number of benzene rings is 2. The van der Waals surface area contributed by atoms with Gasteiger partial charge in [-0.3, -0.25) is 10.8 Å². The summed E-state index contributed by atoms with van der Waals surface area (Å²) >= 11 is 0. The van der Waals surface area contributed by atoms with E-state index in [1.807, 2.05) is 35.2 Å². The molecule has 1 aliphatic rings. The summed E-state index contributed by atoms with van der Waals surface area (Å²) in [5, 5.41) is 8.16. The quantitative estimate of drug-likeness (QED) is 0.295. The second-order valence-corrected chi connectivity index (χ2v) is 5.46. The first kappa shape index (κ1) is 22.3. The Labute approximate surface area is 180 Å². The summed E-state index contributed by atoms with van der Waals surface area (Å²) in [6, 6.07) is 21.0. The zero-order valence-electron chi connectivity index (χ0n) is 13.9. The number of allylic oxidation sites excluding steroid dienone is 4. The van der Waals surface area contributed by atoms with Gasteiger partial charge in [-0.05, 0) is 11.8 Å². The van der Waals surface area contributed by atoms with E-state index in [0.717, 1.165) is 17.6 Å². The summed E-state index contributed by atoms with van der Waals surface area (Å²) in [4.78, 5) is 0.